The maximum absolute atomic E-state index is 9.69. The van der Waals surface area contributed by atoms with Crippen molar-refractivity contribution in [2.45, 2.75) is 44.8 Å². The fourth-order valence-electron chi connectivity index (χ4n) is 2.94. The summed E-state index contributed by atoms with van der Waals surface area (Å²) in [4.78, 5) is 0. The molecule has 0 saturated heterocycles. The first kappa shape index (κ1) is 15.7. The molecule has 0 aliphatic heterocycles. The van der Waals surface area contributed by atoms with E-state index in [0.29, 0.717) is 6.42 Å². The van der Waals surface area contributed by atoms with Crippen LogP contribution in [0.3, 0.4) is 0 Å². The van der Waals surface area contributed by atoms with Crippen LogP contribution in [0.5, 0.6) is 0 Å². The van der Waals surface area contributed by atoms with Crippen molar-refractivity contribution in [1.29, 1.82) is 0 Å². The summed E-state index contributed by atoms with van der Waals surface area (Å²) in [7, 11) is 0. The minimum absolute atomic E-state index is 0.164. The van der Waals surface area contributed by atoms with Crippen LogP contribution in [0.2, 0.25) is 0 Å². The Kier molecular flexibility index (Phi) is 5.16. The lowest BCUT2D eigenvalue weighted by atomic mass is 9.74. The number of benzene rings is 2. The third kappa shape index (κ3) is 4.16. The van der Waals surface area contributed by atoms with E-state index < -0.39 is 6.23 Å². The highest BCUT2D eigenvalue weighted by atomic mass is 16.3. The van der Waals surface area contributed by atoms with Gasteiger partial charge in [0.25, 0.3) is 0 Å². The van der Waals surface area contributed by atoms with Gasteiger partial charge in [0.05, 0.1) is 0 Å². The van der Waals surface area contributed by atoms with Gasteiger partial charge in [-0.3, -0.25) is 0 Å². The molecule has 2 heteroatoms. The second kappa shape index (κ2) is 6.88. The second-order valence-corrected chi connectivity index (χ2v) is 6.04. The quantitative estimate of drug-likeness (QED) is 0.798. The largest absolute Gasteiger partial charge is 0.379 e. The van der Waals surface area contributed by atoms with Gasteiger partial charge in [-0.15, -0.1) is 0 Å². The van der Waals surface area contributed by atoms with Crippen molar-refractivity contribution < 1.29 is 5.11 Å². The van der Waals surface area contributed by atoms with Gasteiger partial charge < -0.3 is 10.8 Å². The summed E-state index contributed by atoms with van der Waals surface area (Å²) in [6.45, 7) is 4.33. The van der Waals surface area contributed by atoms with Crippen LogP contribution < -0.4 is 5.73 Å². The van der Waals surface area contributed by atoms with Crippen molar-refractivity contribution in [3.8, 4) is 0 Å². The van der Waals surface area contributed by atoms with Crippen LogP contribution in [0.15, 0.2) is 54.6 Å². The van der Waals surface area contributed by atoms with Crippen LogP contribution in [0.1, 0.15) is 37.0 Å². The van der Waals surface area contributed by atoms with Crippen LogP contribution in [0.4, 0.5) is 0 Å². The highest BCUT2D eigenvalue weighted by Gasteiger charge is 2.28. The minimum Gasteiger partial charge on any atom is -0.379 e. The van der Waals surface area contributed by atoms with E-state index in [4.69, 9.17) is 5.73 Å². The molecule has 3 N–H and O–H groups in total. The molecule has 2 aromatic carbocycles. The zero-order valence-corrected chi connectivity index (χ0v) is 12.9. The molecular weight excluding hydrogens is 258 g/mol. The van der Waals surface area contributed by atoms with Crippen LogP contribution in [0.25, 0.3) is 0 Å². The summed E-state index contributed by atoms with van der Waals surface area (Å²) in [5.41, 5.74) is 9.35. The third-order valence-corrected chi connectivity index (χ3v) is 4.16. The Morgan fingerprint density at radius 2 is 1.57 bits per heavy atom. The van der Waals surface area contributed by atoms with E-state index in [9.17, 15) is 5.11 Å². The Morgan fingerprint density at radius 3 is 2.10 bits per heavy atom. The molecule has 0 fully saturated rings. The lowest BCUT2D eigenvalue weighted by molar-refractivity contribution is 0.140. The molecule has 112 valence electrons. The predicted octanol–water partition coefficient (Wildman–Crippen LogP) is 3.42. The van der Waals surface area contributed by atoms with E-state index >= 15 is 0 Å². The molecule has 2 nitrogen and oxygen atoms in total. The van der Waals surface area contributed by atoms with Gasteiger partial charge in [0.1, 0.15) is 6.23 Å². The van der Waals surface area contributed by atoms with E-state index in [2.05, 4.69) is 50.2 Å². The van der Waals surface area contributed by atoms with Gasteiger partial charge in [-0.05, 0) is 36.0 Å². The van der Waals surface area contributed by atoms with Gasteiger partial charge in [0.2, 0.25) is 0 Å². The Bertz CT molecular complexity index is 548. The van der Waals surface area contributed by atoms with E-state index in [1.807, 2.05) is 18.2 Å². The number of nitrogens with two attached hydrogens (primary N) is 1. The molecule has 0 aromatic heterocycles. The fraction of sp³-hybridized carbons (Fsp3) is 0.368. The molecular formula is C19H25NO. The molecule has 0 bridgehead atoms. The lowest BCUT2D eigenvalue weighted by Crippen LogP contribution is -2.34. The van der Waals surface area contributed by atoms with Gasteiger partial charge in [0, 0.05) is 5.41 Å². The summed E-state index contributed by atoms with van der Waals surface area (Å²) >= 11 is 0. The van der Waals surface area contributed by atoms with Crippen LogP contribution >= 0.6 is 0 Å². The number of hydrogen-bond acceptors (Lipinski definition) is 2. The Hall–Kier alpha value is -1.64. The molecule has 1 unspecified atom stereocenters. The first-order valence-electron chi connectivity index (χ1n) is 7.60. The van der Waals surface area contributed by atoms with Crippen molar-refractivity contribution in [3.05, 3.63) is 71.3 Å². The standard InChI is InChI=1S/C19H25NO/c1-3-15-9-11-16(12-10-15)13-19(2,14-18(20)21)17-7-5-4-6-8-17/h4-12,18,21H,3,13-14,20H2,1-2H3/t18-,19?/m1/s1. The Balaban J connectivity index is 2.27. The monoisotopic (exact) mass is 283 g/mol. The Morgan fingerprint density at radius 1 is 1.00 bits per heavy atom. The predicted molar refractivity (Wildman–Crippen MR) is 88.1 cm³/mol. The van der Waals surface area contributed by atoms with Crippen molar-refractivity contribution in [2.24, 2.45) is 5.73 Å². The molecule has 2 atom stereocenters. The summed E-state index contributed by atoms with van der Waals surface area (Å²) in [6, 6.07) is 19.0. The van der Waals surface area contributed by atoms with Crippen LogP contribution in [0, 0.1) is 0 Å². The number of aliphatic hydroxyl groups is 1. The van der Waals surface area contributed by atoms with Crippen molar-refractivity contribution in [1.82, 2.24) is 0 Å². The maximum Gasteiger partial charge on any atom is 0.103 e. The average Bonchev–Trinajstić information content (AvgIpc) is 2.48. The number of hydrogen-bond donors (Lipinski definition) is 2. The highest BCUT2D eigenvalue weighted by molar-refractivity contribution is 5.30. The van der Waals surface area contributed by atoms with Gasteiger partial charge in [0.15, 0.2) is 0 Å². The summed E-state index contributed by atoms with van der Waals surface area (Å²) in [6.07, 6.45) is 1.67. The minimum atomic E-state index is -0.801. The van der Waals surface area contributed by atoms with Crippen molar-refractivity contribution >= 4 is 0 Å². The molecule has 0 amide bonds. The first-order chi connectivity index (χ1) is 10.0. The first-order valence-corrected chi connectivity index (χ1v) is 7.60. The van der Waals surface area contributed by atoms with E-state index in [0.717, 1.165) is 12.8 Å². The van der Waals surface area contributed by atoms with E-state index in [1.165, 1.54) is 16.7 Å². The van der Waals surface area contributed by atoms with Gasteiger partial charge in [-0.1, -0.05) is 68.4 Å². The fourth-order valence-corrected chi connectivity index (χ4v) is 2.94. The number of aliphatic hydroxyl groups excluding tert-OH is 1. The average molecular weight is 283 g/mol. The molecule has 2 aromatic rings. The van der Waals surface area contributed by atoms with Crippen molar-refractivity contribution in [3.63, 3.8) is 0 Å². The summed E-state index contributed by atoms with van der Waals surface area (Å²) in [5.74, 6) is 0. The number of aryl methyl sites for hydroxylation is 1. The molecule has 21 heavy (non-hydrogen) atoms. The van der Waals surface area contributed by atoms with E-state index in [1.54, 1.807) is 0 Å². The molecule has 0 radical (unpaired) electrons. The molecule has 0 heterocycles. The van der Waals surface area contributed by atoms with Crippen LogP contribution in [-0.2, 0) is 18.3 Å². The summed E-state index contributed by atoms with van der Waals surface area (Å²) < 4.78 is 0. The molecule has 0 spiro atoms. The number of rotatable bonds is 6. The zero-order valence-electron chi connectivity index (χ0n) is 12.9. The van der Waals surface area contributed by atoms with E-state index in [-0.39, 0.29) is 5.41 Å². The molecule has 2 rings (SSSR count). The summed E-state index contributed by atoms with van der Waals surface area (Å²) in [5, 5.41) is 9.69. The maximum atomic E-state index is 9.69. The normalized spacial score (nSPS) is 15.4. The third-order valence-electron chi connectivity index (χ3n) is 4.16. The second-order valence-electron chi connectivity index (χ2n) is 6.04. The lowest BCUT2D eigenvalue weighted by Gasteiger charge is -2.31. The topological polar surface area (TPSA) is 46.2 Å². The SMILES string of the molecule is CCc1ccc(CC(C)(C[C@H](N)O)c2ccccc2)cc1. The molecule has 0 saturated carbocycles. The van der Waals surface area contributed by atoms with Crippen LogP contribution in [-0.4, -0.2) is 11.3 Å². The molecule has 0 aliphatic carbocycles. The van der Waals surface area contributed by atoms with Gasteiger partial charge >= 0.3 is 0 Å². The van der Waals surface area contributed by atoms with Gasteiger partial charge in [-0.25, -0.2) is 0 Å². The van der Waals surface area contributed by atoms with Crippen molar-refractivity contribution in [2.75, 3.05) is 0 Å². The zero-order chi connectivity index (χ0) is 15.3. The Labute approximate surface area is 127 Å². The molecule has 0 aliphatic rings. The highest BCUT2D eigenvalue weighted by Crippen LogP contribution is 2.32. The van der Waals surface area contributed by atoms with Gasteiger partial charge in [-0.2, -0.15) is 0 Å². The smallest absolute Gasteiger partial charge is 0.103 e.